The van der Waals surface area contributed by atoms with Crippen molar-refractivity contribution in [2.75, 3.05) is 0 Å². The number of nitrogens with zero attached hydrogens (tertiary/aromatic N) is 2. The lowest BCUT2D eigenvalue weighted by atomic mass is 10.7. The van der Waals surface area contributed by atoms with E-state index >= 15 is 0 Å². The molecular weight excluding hydrogens is 228 g/mol. The van der Waals surface area contributed by atoms with Crippen molar-refractivity contribution in [1.82, 2.24) is 8.75 Å². The van der Waals surface area contributed by atoms with Crippen molar-refractivity contribution in [2.45, 2.75) is 19.8 Å². The molecule has 0 saturated carbocycles. The van der Waals surface area contributed by atoms with Crippen LogP contribution in [0, 0.1) is 0 Å². The quantitative estimate of drug-likeness (QED) is 0.592. The summed E-state index contributed by atoms with van der Waals surface area (Å²) in [5.41, 5.74) is 0. The first-order chi connectivity index (χ1) is 5.93. The SMILES string of the molecule is c1snc2c1Sc1nscc1S2. The average molecular weight is 230 g/mol. The molecule has 0 aromatic carbocycles. The summed E-state index contributed by atoms with van der Waals surface area (Å²) in [5.74, 6) is 0. The number of hydrogen-bond donors (Lipinski definition) is 0. The van der Waals surface area contributed by atoms with Crippen molar-refractivity contribution in [2.24, 2.45) is 0 Å². The van der Waals surface area contributed by atoms with Gasteiger partial charge in [-0.05, 0) is 23.1 Å². The second kappa shape index (κ2) is 2.73. The van der Waals surface area contributed by atoms with Gasteiger partial charge in [0, 0.05) is 10.8 Å². The summed E-state index contributed by atoms with van der Waals surface area (Å²) in [4.78, 5) is 2.51. The fraction of sp³-hybridized carbons (Fsp3) is 0. The zero-order valence-corrected chi connectivity index (χ0v) is 8.95. The molecule has 0 atom stereocenters. The van der Waals surface area contributed by atoms with E-state index in [0.717, 1.165) is 10.1 Å². The van der Waals surface area contributed by atoms with Crippen molar-refractivity contribution >= 4 is 46.6 Å². The van der Waals surface area contributed by atoms with Gasteiger partial charge in [0.2, 0.25) is 0 Å². The maximum absolute atomic E-state index is 4.30. The summed E-state index contributed by atoms with van der Waals surface area (Å²) < 4.78 is 8.59. The first-order valence-electron chi connectivity index (χ1n) is 3.18. The highest BCUT2D eigenvalue weighted by atomic mass is 32.2. The Morgan fingerprint density at radius 3 is 1.83 bits per heavy atom. The van der Waals surface area contributed by atoms with Gasteiger partial charge in [-0.15, -0.1) is 0 Å². The van der Waals surface area contributed by atoms with Gasteiger partial charge in [-0.25, -0.2) is 0 Å². The van der Waals surface area contributed by atoms with Gasteiger partial charge in [0.15, 0.2) is 0 Å². The second-order valence-electron chi connectivity index (χ2n) is 2.17. The molecule has 0 spiro atoms. The van der Waals surface area contributed by atoms with Gasteiger partial charge in [0.25, 0.3) is 0 Å². The van der Waals surface area contributed by atoms with Crippen LogP contribution in [-0.2, 0) is 0 Å². The molecule has 3 heterocycles. The van der Waals surface area contributed by atoms with E-state index in [9.17, 15) is 0 Å². The molecule has 0 bridgehead atoms. The number of rotatable bonds is 0. The first-order valence-corrected chi connectivity index (χ1v) is 6.48. The zero-order chi connectivity index (χ0) is 7.97. The molecule has 0 amide bonds. The maximum atomic E-state index is 4.30. The minimum atomic E-state index is 1.14. The fourth-order valence-corrected chi connectivity index (χ4v) is 4.79. The lowest BCUT2D eigenvalue weighted by molar-refractivity contribution is 1.08. The summed E-state index contributed by atoms with van der Waals surface area (Å²) in [6.45, 7) is 0. The van der Waals surface area contributed by atoms with Crippen molar-refractivity contribution in [3.63, 3.8) is 0 Å². The molecular formula is C6H2N2S4. The minimum absolute atomic E-state index is 1.14. The summed E-state index contributed by atoms with van der Waals surface area (Å²) in [6, 6.07) is 0. The van der Waals surface area contributed by atoms with Crippen LogP contribution in [0.4, 0.5) is 0 Å². The Bertz CT molecular complexity index is 345. The van der Waals surface area contributed by atoms with E-state index in [1.807, 2.05) is 0 Å². The van der Waals surface area contributed by atoms with Crippen LogP contribution in [-0.4, -0.2) is 8.75 Å². The Labute approximate surface area is 85.7 Å². The van der Waals surface area contributed by atoms with Crippen LogP contribution in [0.25, 0.3) is 0 Å². The van der Waals surface area contributed by atoms with Gasteiger partial charge in [-0.3, -0.25) is 0 Å². The topological polar surface area (TPSA) is 25.8 Å². The van der Waals surface area contributed by atoms with Gasteiger partial charge in [-0.1, -0.05) is 23.5 Å². The average Bonchev–Trinajstić information content (AvgIpc) is 2.64. The molecule has 0 unspecified atom stereocenters. The van der Waals surface area contributed by atoms with Crippen LogP contribution in [0.2, 0.25) is 0 Å². The molecule has 2 nitrogen and oxygen atoms in total. The molecule has 0 aliphatic carbocycles. The van der Waals surface area contributed by atoms with Crippen molar-refractivity contribution in [3.05, 3.63) is 10.8 Å². The van der Waals surface area contributed by atoms with E-state index in [1.54, 1.807) is 23.5 Å². The largest absolute Gasteiger partial charge is 0.185 e. The summed E-state index contributed by atoms with van der Waals surface area (Å²) in [6.07, 6.45) is 0. The van der Waals surface area contributed by atoms with Crippen molar-refractivity contribution in [1.29, 1.82) is 0 Å². The molecule has 3 rings (SSSR count). The normalized spacial score (nSPS) is 14.0. The van der Waals surface area contributed by atoms with E-state index in [4.69, 9.17) is 0 Å². The Balaban J connectivity index is 2.15. The monoisotopic (exact) mass is 230 g/mol. The highest BCUT2D eigenvalue weighted by Crippen LogP contribution is 2.48. The molecule has 2 aromatic heterocycles. The smallest absolute Gasteiger partial charge is 0.129 e. The minimum Gasteiger partial charge on any atom is -0.185 e. The lowest BCUT2D eigenvalue weighted by Crippen LogP contribution is -1.83. The van der Waals surface area contributed by atoms with Crippen LogP contribution in [0.1, 0.15) is 0 Å². The standard InChI is InChI=1S/C6H2N2S4/c1-3-5(7-9-1)12-4-2-10-8-6(4)11-3/h1-2H. The number of fused-ring (bicyclic) bond motifs is 2. The molecule has 12 heavy (non-hydrogen) atoms. The molecule has 0 saturated heterocycles. The summed E-state index contributed by atoms with van der Waals surface area (Å²) >= 11 is 6.47. The predicted molar refractivity (Wildman–Crippen MR) is 52.5 cm³/mol. The molecule has 1 aliphatic heterocycles. The van der Waals surface area contributed by atoms with Crippen LogP contribution in [0.5, 0.6) is 0 Å². The maximum Gasteiger partial charge on any atom is 0.129 e. The third kappa shape index (κ3) is 1.02. The van der Waals surface area contributed by atoms with Crippen molar-refractivity contribution in [3.8, 4) is 0 Å². The molecule has 0 N–H and O–H groups in total. The Kier molecular flexibility index (Phi) is 1.68. The van der Waals surface area contributed by atoms with Crippen LogP contribution in [0.3, 0.4) is 0 Å². The first kappa shape index (κ1) is 7.37. The van der Waals surface area contributed by atoms with Gasteiger partial charge in [0.05, 0.1) is 9.79 Å². The van der Waals surface area contributed by atoms with Crippen LogP contribution in [0.15, 0.2) is 30.6 Å². The van der Waals surface area contributed by atoms with E-state index < -0.39 is 0 Å². The Morgan fingerprint density at radius 2 is 1.33 bits per heavy atom. The lowest BCUT2D eigenvalue weighted by Gasteiger charge is -2.06. The zero-order valence-electron chi connectivity index (χ0n) is 5.68. The van der Waals surface area contributed by atoms with Gasteiger partial charge < -0.3 is 0 Å². The van der Waals surface area contributed by atoms with E-state index in [-0.39, 0.29) is 0 Å². The van der Waals surface area contributed by atoms with Gasteiger partial charge >= 0.3 is 0 Å². The Morgan fingerprint density at radius 1 is 0.833 bits per heavy atom. The van der Waals surface area contributed by atoms with E-state index in [1.165, 1.54) is 32.9 Å². The molecule has 0 fully saturated rings. The second-order valence-corrected chi connectivity index (χ2v) is 5.49. The molecule has 60 valence electrons. The highest BCUT2D eigenvalue weighted by Gasteiger charge is 2.20. The molecule has 6 heteroatoms. The van der Waals surface area contributed by atoms with Gasteiger partial charge in [-0.2, -0.15) is 8.75 Å². The molecule has 1 aliphatic rings. The fourth-order valence-electron chi connectivity index (χ4n) is 0.917. The Hall–Kier alpha value is -0.0400. The predicted octanol–water partition coefficient (Wildman–Crippen LogP) is 3.22. The van der Waals surface area contributed by atoms with Gasteiger partial charge in [0.1, 0.15) is 10.1 Å². The van der Waals surface area contributed by atoms with E-state index in [2.05, 4.69) is 19.5 Å². The summed E-state index contributed by atoms with van der Waals surface area (Å²) in [5, 5.41) is 6.43. The summed E-state index contributed by atoms with van der Waals surface area (Å²) in [7, 11) is 0. The third-order valence-electron chi connectivity index (χ3n) is 1.43. The molecule has 2 aromatic rings. The third-order valence-corrected chi connectivity index (χ3v) is 5.54. The number of aromatic nitrogens is 2. The van der Waals surface area contributed by atoms with Crippen molar-refractivity contribution < 1.29 is 0 Å². The van der Waals surface area contributed by atoms with Crippen LogP contribution < -0.4 is 0 Å². The highest BCUT2D eigenvalue weighted by molar-refractivity contribution is 8.05. The van der Waals surface area contributed by atoms with E-state index in [0.29, 0.717) is 0 Å². The van der Waals surface area contributed by atoms with Crippen LogP contribution >= 0.6 is 46.6 Å². The molecule has 0 radical (unpaired) electrons. The number of hydrogen-bond acceptors (Lipinski definition) is 6.